The Morgan fingerprint density at radius 2 is 2.00 bits per heavy atom. The second-order valence-electron chi connectivity index (χ2n) is 5.05. The predicted octanol–water partition coefficient (Wildman–Crippen LogP) is 3.35. The van der Waals surface area contributed by atoms with Gasteiger partial charge in [0.2, 0.25) is 0 Å². The van der Waals surface area contributed by atoms with E-state index in [2.05, 4.69) is 15.3 Å². The fourth-order valence-electron chi connectivity index (χ4n) is 2.40. The van der Waals surface area contributed by atoms with E-state index in [-0.39, 0.29) is 0 Å². The van der Waals surface area contributed by atoms with Crippen LogP contribution in [0.25, 0.3) is 0 Å². The van der Waals surface area contributed by atoms with Crippen LogP contribution in [0, 0.1) is 0 Å². The third kappa shape index (κ3) is 4.51. The lowest BCUT2D eigenvalue weighted by atomic mass is 9.94. The summed E-state index contributed by atoms with van der Waals surface area (Å²) < 4.78 is 0. The summed E-state index contributed by atoms with van der Waals surface area (Å²) in [4.78, 5) is 8.43. The van der Waals surface area contributed by atoms with Crippen molar-refractivity contribution < 1.29 is 5.11 Å². The topological polar surface area (TPSA) is 58.0 Å². The highest BCUT2D eigenvalue weighted by atomic mass is 35.5. The maximum Gasteiger partial charge on any atom is 0.190 e. The minimum Gasteiger partial charge on any atom is -0.388 e. The lowest BCUT2D eigenvalue weighted by Crippen LogP contribution is -2.36. The molecule has 4 nitrogen and oxygen atoms in total. The largest absolute Gasteiger partial charge is 0.388 e. The maximum atomic E-state index is 10.6. The lowest BCUT2D eigenvalue weighted by molar-refractivity contribution is 0.0380. The van der Waals surface area contributed by atoms with Crippen LogP contribution in [0.5, 0.6) is 0 Å². The molecule has 1 heterocycles. The van der Waals surface area contributed by atoms with Gasteiger partial charge >= 0.3 is 0 Å². The molecule has 0 radical (unpaired) electrons. The summed E-state index contributed by atoms with van der Waals surface area (Å²) in [6, 6.07) is 1.70. The standard InChI is InChI=1S/C13H20ClN3OS/c1-19-12-16-10(14)8-11(17-12)15-9-13(18)6-4-2-3-5-7-13/h8,18H,2-7,9H2,1H3,(H,15,16,17). The Morgan fingerprint density at radius 1 is 1.32 bits per heavy atom. The van der Waals surface area contributed by atoms with Crippen molar-refractivity contribution in [3.8, 4) is 0 Å². The highest BCUT2D eigenvalue weighted by Crippen LogP contribution is 2.27. The van der Waals surface area contributed by atoms with Gasteiger partial charge in [0.15, 0.2) is 5.16 Å². The van der Waals surface area contributed by atoms with Gasteiger partial charge in [0.05, 0.1) is 5.60 Å². The van der Waals surface area contributed by atoms with Gasteiger partial charge in [0.25, 0.3) is 0 Å². The Balaban J connectivity index is 1.99. The fourth-order valence-corrected chi connectivity index (χ4v) is 3.01. The van der Waals surface area contributed by atoms with E-state index in [1.54, 1.807) is 6.07 Å². The molecule has 1 aromatic rings. The van der Waals surface area contributed by atoms with Gasteiger partial charge < -0.3 is 10.4 Å². The summed E-state index contributed by atoms with van der Waals surface area (Å²) in [6.07, 6.45) is 8.25. The Labute approximate surface area is 123 Å². The van der Waals surface area contributed by atoms with Gasteiger partial charge in [-0.1, -0.05) is 49.0 Å². The number of thioether (sulfide) groups is 1. The molecular formula is C13H20ClN3OS. The fraction of sp³-hybridized carbons (Fsp3) is 0.692. The molecule has 0 bridgehead atoms. The van der Waals surface area contributed by atoms with Crippen molar-refractivity contribution in [1.29, 1.82) is 0 Å². The van der Waals surface area contributed by atoms with E-state index >= 15 is 0 Å². The van der Waals surface area contributed by atoms with Crippen LogP contribution < -0.4 is 5.32 Å². The van der Waals surface area contributed by atoms with Crippen LogP contribution in [0.4, 0.5) is 5.82 Å². The SMILES string of the molecule is CSc1nc(Cl)cc(NCC2(O)CCCCCC2)n1. The summed E-state index contributed by atoms with van der Waals surface area (Å²) in [6.45, 7) is 0.522. The van der Waals surface area contributed by atoms with Gasteiger partial charge in [0.1, 0.15) is 11.0 Å². The van der Waals surface area contributed by atoms with Gasteiger partial charge in [-0.05, 0) is 19.1 Å². The normalized spacial score (nSPS) is 18.9. The van der Waals surface area contributed by atoms with Crippen molar-refractivity contribution >= 4 is 29.2 Å². The number of aliphatic hydroxyl groups is 1. The molecule has 0 saturated heterocycles. The van der Waals surface area contributed by atoms with Crippen LogP contribution in [0.15, 0.2) is 11.2 Å². The maximum absolute atomic E-state index is 10.6. The Bertz CT molecular complexity index is 422. The van der Waals surface area contributed by atoms with Gasteiger partial charge in [-0.15, -0.1) is 0 Å². The van der Waals surface area contributed by atoms with Gasteiger partial charge in [-0.3, -0.25) is 0 Å². The van der Waals surface area contributed by atoms with E-state index in [4.69, 9.17) is 11.6 Å². The highest BCUT2D eigenvalue weighted by molar-refractivity contribution is 7.98. The lowest BCUT2D eigenvalue weighted by Gasteiger charge is -2.27. The van der Waals surface area contributed by atoms with E-state index in [9.17, 15) is 5.11 Å². The summed E-state index contributed by atoms with van der Waals surface area (Å²) >= 11 is 7.40. The number of aromatic nitrogens is 2. The summed E-state index contributed by atoms with van der Waals surface area (Å²) in [5, 5.41) is 14.8. The molecule has 1 fully saturated rings. The second-order valence-corrected chi connectivity index (χ2v) is 6.22. The average Bonchev–Trinajstić information content (AvgIpc) is 2.61. The van der Waals surface area contributed by atoms with E-state index in [0.29, 0.717) is 22.7 Å². The summed E-state index contributed by atoms with van der Waals surface area (Å²) in [5.74, 6) is 0.682. The Hall–Kier alpha value is -0.520. The molecule has 106 valence electrons. The number of nitrogens with zero attached hydrogens (tertiary/aromatic N) is 2. The smallest absolute Gasteiger partial charge is 0.190 e. The highest BCUT2D eigenvalue weighted by Gasteiger charge is 2.27. The molecule has 1 aliphatic rings. The molecule has 0 atom stereocenters. The minimum absolute atomic E-state index is 0.426. The number of rotatable bonds is 4. The zero-order valence-corrected chi connectivity index (χ0v) is 12.7. The number of hydrogen-bond acceptors (Lipinski definition) is 5. The first-order valence-corrected chi connectivity index (χ1v) is 8.26. The van der Waals surface area contributed by atoms with Crippen molar-refractivity contribution in [3.05, 3.63) is 11.2 Å². The van der Waals surface area contributed by atoms with Crippen molar-refractivity contribution in [2.75, 3.05) is 18.1 Å². The molecule has 0 amide bonds. The molecule has 2 rings (SSSR count). The zero-order chi connectivity index (χ0) is 13.7. The van der Waals surface area contributed by atoms with E-state index in [1.807, 2.05) is 6.26 Å². The zero-order valence-electron chi connectivity index (χ0n) is 11.2. The molecule has 19 heavy (non-hydrogen) atoms. The molecule has 2 N–H and O–H groups in total. The molecule has 0 spiro atoms. The van der Waals surface area contributed by atoms with Crippen LogP contribution in [0.3, 0.4) is 0 Å². The third-order valence-electron chi connectivity index (χ3n) is 3.49. The quantitative estimate of drug-likeness (QED) is 0.386. The van der Waals surface area contributed by atoms with Crippen LogP contribution in [0.2, 0.25) is 5.15 Å². The van der Waals surface area contributed by atoms with Gasteiger partial charge in [-0.25, -0.2) is 9.97 Å². The van der Waals surface area contributed by atoms with Crippen LogP contribution >= 0.6 is 23.4 Å². The monoisotopic (exact) mass is 301 g/mol. The number of nitrogens with one attached hydrogen (secondary N) is 1. The first-order chi connectivity index (χ1) is 9.11. The summed E-state index contributed by atoms with van der Waals surface area (Å²) in [5.41, 5.74) is -0.618. The number of anilines is 1. The molecule has 0 aliphatic heterocycles. The van der Waals surface area contributed by atoms with Crippen molar-refractivity contribution in [2.45, 2.75) is 49.3 Å². The first-order valence-electron chi connectivity index (χ1n) is 6.66. The minimum atomic E-state index is -0.618. The molecule has 1 aliphatic carbocycles. The van der Waals surface area contributed by atoms with Gasteiger partial charge in [0, 0.05) is 12.6 Å². The molecular weight excluding hydrogens is 282 g/mol. The molecule has 1 saturated carbocycles. The third-order valence-corrected chi connectivity index (χ3v) is 4.23. The average molecular weight is 302 g/mol. The van der Waals surface area contributed by atoms with Crippen molar-refractivity contribution in [2.24, 2.45) is 0 Å². The first kappa shape index (κ1) is 14.9. The van der Waals surface area contributed by atoms with Crippen LogP contribution in [0.1, 0.15) is 38.5 Å². The molecule has 6 heteroatoms. The van der Waals surface area contributed by atoms with E-state index in [0.717, 1.165) is 25.7 Å². The van der Waals surface area contributed by atoms with E-state index < -0.39 is 5.60 Å². The van der Waals surface area contributed by atoms with E-state index in [1.165, 1.54) is 24.6 Å². The molecule has 0 aromatic carbocycles. The van der Waals surface area contributed by atoms with Crippen LogP contribution in [-0.4, -0.2) is 33.5 Å². The van der Waals surface area contributed by atoms with Crippen LogP contribution in [-0.2, 0) is 0 Å². The Morgan fingerprint density at radius 3 is 2.63 bits per heavy atom. The second kappa shape index (κ2) is 6.77. The van der Waals surface area contributed by atoms with Gasteiger partial charge in [-0.2, -0.15) is 0 Å². The Kier molecular flexibility index (Phi) is 5.30. The predicted molar refractivity (Wildman–Crippen MR) is 80.0 cm³/mol. The number of hydrogen-bond donors (Lipinski definition) is 2. The van der Waals surface area contributed by atoms with Crippen molar-refractivity contribution in [3.63, 3.8) is 0 Å². The number of halogens is 1. The molecule has 1 aromatic heterocycles. The molecule has 0 unspecified atom stereocenters. The summed E-state index contributed by atoms with van der Waals surface area (Å²) in [7, 11) is 0. The van der Waals surface area contributed by atoms with Crippen molar-refractivity contribution in [1.82, 2.24) is 9.97 Å².